The van der Waals surface area contributed by atoms with Crippen molar-refractivity contribution in [3.8, 4) is 0 Å². The van der Waals surface area contributed by atoms with Crippen molar-refractivity contribution in [3.63, 3.8) is 0 Å². The summed E-state index contributed by atoms with van der Waals surface area (Å²) in [5.74, 6) is 0.0227. The maximum atomic E-state index is 11.8. The first-order valence-corrected chi connectivity index (χ1v) is 5.78. The number of amides is 1. The molecule has 1 heterocycles. The standard InChI is InChI=1S/C13H22N2O2/c1-13(2,3)14-11(16)9-10-7-6-8-17-12(10)15(4)5/h6-8,12H,9H2,1-5H3,(H,14,16). The summed E-state index contributed by atoms with van der Waals surface area (Å²) in [4.78, 5) is 13.8. The first kappa shape index (κ1) is 13.8. The molecule has 4 heteroatoms. The van der Waals surface area contributed by atoms with Gasteiger partial charge in [0.15, 0.2) is 6.23 Å². The summed E-state index contributed by atoms with van der Waals surface area (Å²) in [5, 5.41) is 2.95. The summed E-state index contributed by atoms with van der Waals surface area (Å²) in [6.07, 6.45) is 5.63. The molecule has 0 aromatic rings. The van der Waals surface area contributed by atoms with E-state index in [2.05, 4.69) is 5.32 Å². The fourth-order valence-electron chi connectivity index (χ4n) is 1.70. The van der Waals surface area contributed by atoms with Gasteiger partial charge in [-0.05, 0) is 46.5 Å². The first-order valence-electron chi connectivity index (χ1n) is 5.78. The fourth-order valence-corrected chi connectivity index (χ4v) is 1.70. The van der Waals surface area contributed by atoms with Crippen LogP contribution in [0.15, 0.2) is 24.0 Å². The van der Waals surface area contributed by atoms with E-state index in [1.807, 2.05) is 51.9 Å². The molecule has 1 unspecified atom stereocenters. The van der Waals surface area contributed by atoms with E-state index in [1.165, 1.54) is 0 Å². The lowest BCUT2D eigenvalue weighted by Crippen LogP contribution is -2.42. The van der Waals surface area contributed by atoms with Crippen LogP contribution in [0.3, 0.4) is 0 Å². The Morgan fingerprint density at radius 3 is 2.65 bits per heavy atom. The van der Waals surface area contributed by atoms with E-state index >= 15 is 0 Å². The maximum absolute atomic E-state index is 11.8. The third-order valence-corrected chi connectivity index (χ3v) is 2.26. The molecule has 0 bridgehead atoms. The molecule has 0 saturated heterocycles. The highest BCUT2D eigenvalue weighted by molar-refractivity contribution is 5.79. The second-order valence-corrected chi connectivity index (χ2v) is 5.50. The molecule has 0 radical (unpaired) electrons. The number of carbonyl (C=O) groups excluding carboxylic acids is 1. The molecule has 0 spiro atoms. The Morgan fingerprint density at radius 1 is 1.47 bits per heavy atom. The number of hydrogen-bond donors (Lipinski definition) is 1. The molecule has 0 aliphatic carbocycles. The van der Waals surface area contributed by atoms with E-state index in [1.54, 1.807) is 6.26 Å². The van der Waals surface area contributed by atoms with Gasteiger partial charge in [-0.3, -0.25) is 9.69 Å². The third-order valence-electron chi connectivity index (χ3n) is 2.26. The number of allylic oxidation sites excluding steroid dienone is 2. The molecule has 1 rings (SSSR count). The van der Waals surface area contributed by atoms with Crippen LogP contribution in [0.5, 0.6) is 0 Å². The minimum absolute atomic E-state index is 0.0227. The monoisotopic (exact) mass is 238 g/mol. The normalized spacial score (nSPS) is 19.9. The second kappa shape index (κ2) is 5.36. The molecule has 96 valence electrons. The number of nitrogens with one attached hydrogen (secondary N) is 1. The smallest absolute Gasteiger partial charge is 0.224 e. The van der Waals surface area contributed by atoms with Crippen LogP contribution in [0.25, 0.3) is 0 Å². The SMILES string of the molecule is CN(C)C1OC=CC=C1CC(=O)NC(C)(C)C. The fraction of sp³-hybridized carbons (Fsp3) is 0.615. The Bertz CT molecular complexity index is 338. The molecule has 1 N–H and O–H groups in total. The zero-order valence-electron chi connectivity index (χ0n) is 11.3. The van der Waals surface area contributed by atoms with Gasteiger partial charge in [0, 0.05) is 5.54 Å². The van der Waals surface area contributed by atoms with Crippen molar-refractivity contribution in [2.24, 2.45) is 0 Å². The van der Waals surface area contributed by atoms with Crippen LogP contribution in [0.1, 0.15) is 27.2 Å². The predicted molar refractivity (Wildman–Crippen MR) is 68.3 cm³/mol. The van der Waals surface area contributed by atoms with Gasteiger partial charge in [-0.1, -0.05) is 6.08 Å². The van der Waals surface area contributed by atoms with Crippen molar-refractivity contribution >= 4 is 5.91 Å². The van der Waals surface area contributed by atoms with E-state index in [9.17, 15) is 4.79 Å². The summed E-state index contributed by atoms with van der Waals surface area (Å²) < 4.78 is 5.48. The molecule has 0 fully saturated rings. The lowest BCUT2D eigenvalue weighted by atomic mass is 10.1. The van der Waals surface area contributed by atoms with E-state index < -0.39 is 0 Å². The van der Waals surface area contributed by atoms with Crippen molar-refractivity contribution in [1.82, 2.24) is 10.2 Å². The molecular formula is C13H22N2O2. The molecule has 0 aromatic heterocycles. The number of carbonyl (C=O) groups is 1. The molecule has 1 aliphatic heterocycles. The van der Waals surface area contributed by atoms with Gasteiger partial charge in [0.1, 0.15) is 0 Å². The highest BCUT2D eigenvalue weighted by atomic mass is 16.5. The van der Waals surface area contributed by atoms with Crippen LogP contribution in [-0.2, 0) is 9.53 Å². The maximum Gasteiger partial charge on any atom is 0.224 e. The molecule has 0 aromatic carbocycles. The summed E-state index contributed by atoms with van der Waals surface area (Å²) >= 11 is 0. The van der Waals surface area contributed by atoms with Gasteiger partial charge in [-0.15, -0.1) is 0 Å². The Morgan fingerprint density at radius 2 is 2.12 bits per heavy atom. The van der Waals surface area contributed by atoms with Crippen molar-refractivity contribution in [3.05, 3.63) is 24.0 Å². The molecular weight excluding hydrogens is 216 g/mol. The molecule has 1 atom stereocenters. The van der Waals surface area contributed by atoms with Gasteiger partial charge in [-0.2, -0.15) is 0 Å². The lowest BCUT2D eigenvalue weighted by molar-refractivity contribution is -0.122. The van der Waals surface area contributed by atoms with Gasteiger partial charge in [-0.25, -0.2) is 0 Å². The van der Waals surface area contributed by atoms with Crippen LogP contribution in [0, 0.1) is 0 Å². The highest BCUT2D eigenvalue weighted by Crippen LogP contribution is 2.18. The lowest BCUT2D eigenvalue weighted by Gasteiger charge is -2.28. The molecule has 1 amide bonds. The van der Waals surface area contributed by atoms with Crippen molar-refractivity contribution in [2.45, 2.75) is 39.0 Å². The van der Waals surface area contributed by atoms with Crippen LogP contribution >= 0.6 is 0 Å². The molecule has 1 aliphatic rings. The number of ether oxygens (including phenoxy) is 1. The largest absolute Gasteiger partial charge is 0.479 e. The van der Waals surface area contributed by atoms with Crippen molar-refractivity contribution in [1.29, 1.82) is 0 Å². The van der Waals surface area contributed by atoms with Gasteiger partial charge in [0.25, 0.3) is 0 Å². The average molecular weight is 238 g/mol. The van der Waals surface area contributed by atoms with E-state index in [0.29, 0.717) is 6.42 Å². The van der Waals surface area contributed by atoms with Gasteiger partial charge < -0.3 is 10.1 Å². The quantitative estimate of drug-likeness (QED) is 0.813. The van der Waals surface area contributed by atoms with E-state index in [4.69, 9.17) is 4.74 Å². The van der Waals surface area contributed by atoms with Crippen LogP contribution < -0.4 is 5.32 Å². The zero-order valence-corrected chi connectivity index (χ0v) is 11.3. The minimum Gasteiger partial charge on any atom is -0.479 e. The van der Waals surface area contributed by atoms with E-state index in [0.717, 1.165) is 5.57 Å². The summed E-state index contributed by atoms with van der Waals surface area (Å²) in [7, 11) is 3.86. The van der Waals surface area contributed by atoms with Crippen molar-refractivity contribution in [2.75, 3.05) is 14.1 Å². The Hall–Kier alpha value is -1.29. The highest BCUT2D eigenvalue weighted by Gasteiger charge is 2.23. The number of nitrogens with zero attached hydrogens (tertiary/aromatic N) is 1. The van der Waals surface area contributed by atoms with E-state index in [-0.39, 0.29) is 17.7 Å². The predicted octanol–water partition coefficient (Wildman–Crippen LogP) is 1.65. The van der Waals surface area contributed by atoms with Gasteiger partial charge >= 0.3 is 0 Å². The first-order chi connectivity index (χ1) is 7.79. The summed E-state index contributed by atoms with van der Waals surface area (Å²) in [5.41, 5.74) is 0.774. The van der Waals surface area contributed by atoms with Crippen molar-refractivity contribution < 1.29 is 9.53 Å². The minimum atomic E-state index is -0.198. The third kappa shape index (κ3) is 4.61. The molecule has 4 nitrogen and oxygen atoms in total. The Kier molecular flexibility index (Phi) is 4.34. The topological polar surface area (TPSA) is 41.6 Å². The molecule has 17 heavy (non-hydrogen) atoms. The summed E-state index contributed by atoms with van der Waals surface area (Å²) in [6.45, 7) is 5.92. The number of likely N-dealkylation sites (N-methyl/N-ethyl adjacent to an activating group) is 1. The second-order valence-electron chi connectivity index (χ2n) is 5.50. The van der Waals surface area contributed by atoms with Crippen LogP contribution in [-0.4, -0.2) is 36.7 Å². The van der Waals surface area contributed by atoms with Gasteiger partial charge in [0.05, 0.1) is 12.7 Å². The van der Waals surface area contributed by atoms with Crippen LogP contribution in [0.2, 0.25) is 0 Å². The number of rotatable bonds is 3. The van der Waals surface area contributed by atoms with Crippen LogP contribution in [0.4, 0.5) is 0 Å². The zero-order chi connectivity index (χ0) is 13.1. The molecule has 0 saturated carbocycles. The Labute approximate surface area is 103 Å². The summed E-state index contributed by atoms with van der Waals surface area (Å²) in [6, 6.07) is 0. The van der Waals surface area contributed by atoms with Gasteiger partial charge in [0.2, 0.25) is 5.91 Å². The Balaban J connectivity index is 2.63. The average Bonchev–Trinajstić information content (AvgIpc) is 2.14. The number of hydrogen-bond acceptors (Lipinski definition) is 3.